The van der Waals surface area contributed by atoms with E-state index in [-0.39, 0.29) is 29.8 Å². The quantitative estimate of drug-likeness (QED) is 0.740. The SMILES string of the molecule is CCN(CC)C(=O)Cn1c(=O)c(C(N)=O)cc2c(OC3CCOC3)ccnc21. The second-order valence-electron chi connectivity index (χ2n) is 6.53. The Kier molecular flexibility index (Phi) is 5.93. The summed E-state index contributed by atoms with van der Waals surface area (Å²) in [5.41, 5.74) is 4.82. The van der Waals surface area contributed by atoms with Gasteiger partial charge in [-0.2, -0.15) is 0 Å². The summed E-state index contributed by atoms with van der Waals surface area (Å²) in [6, 6.07) is 3.04. The van der Waals surface area contributed by atoms with Gasteiger partial charge in [-0.15, -0.1) is 0 Å². The average Bonchev–Trinajstić information content (AvgIpc) is 3.18. The summed E-state index contributed by atoms with van der Waals surface area (Å²) in [5, 5.41) is 0.454. The number of fused-ring (bicyclic) bond motifs is 1. The fourth-order valence-corrected chi connectivity index (χ4v) is 3.27. The number of amides is 2. The Bertz CT molecular complexity index is 945. The van der Waals surface area contributed by atoms with Crippen molar-refractivity contribution < 1.29 is 19.1 Å². The molecular weight excluding hydrogens is 364 g/mol. The molecule has 2 N–H and O–H groups in total. The fraction of sp³-hybridized carbons (Fsp3) is 0.474. The van der Waals surface area contributed by atoms with Gasteiger partial charge in [-0.1, -0.05) is 0 Å². The van der Waals surface area contributed by atoms with Gasteiger partial charge < -0.3 is 20.1 Å². The molecule has 9 nitrogen and oxygen atoms in total. The maximum Gasteiger partial charge on any atom is 0.265 e. The number of aromatic nitrogens is 2. The molecule has 3 heterocycles. The van der Waals surface area contributed by atoms with Crippen molar-refractivity contribution in [2.24, 2.45) is 5.73 Å². The zero-order valence-electron chi connectivity index (χ0n) is 16.0. The van der Waals surface area contributed by atoms with Crippen LogP contribution in [0.5, 0.6) is 5.75 Å². The number of likely N-dealkylation sites (N-methyl/N-ethyl adjacent to an activating group) is 1. The molecule has 28 heavy (non-hydrogen) atoms. The van der Waals surface area contributed by atoms with Crippen LogP contribution in [0.15, 0.2) is 23.1 Å². The van der Waals surface area contributed by atoms with Crippen molar-refractivity contribution in [3.8, 4) is 5.75 Å². The van der Waals surface area contributed by atoms with Gasteiger partial charge in [-0.05, 0) is 26.0 Å². The van der Waals surface area contributed by atoms with Gasteiger partial charge in [0.1, 0.15) is 29.6 Å². The van der Waals surface area contributed by atoms with Gasteiger partial charge in [0.2, 0.25) is 5.91 Å². The molecule has 150 valence electrons. The molecule has 0 aromatic carbocycles. The van der Waals surface area contributed by atoms with Crippen molar-refractivity contribution >= 4 is 22.8 Å². The first-order chi connectivity index (χ1) is 13.5. The van der Waals surface area contributed by atoms with Gasteiger partial charge in [0.15, 0.2) is 0 Å². The number of carbonyl (C=O) groups excluding carboxylic acids is 2. The lowest BCUT2D eigenvalue weighted by Gasteiger charge is -2.20. The van der Waals surface area contributed by atoms with Gasteiger partial charge >= 0.3 is 0 Å². The minimum atomic E-state index is -0.866. The number of hydrogen-bond donors (Lipinski definition) is 1. The Labute approximate surface area is 162 Å². The highest BCUT2D eigenvalue weighted by molar-refractivity contribution is 5.97. The third-order valence-electron chi connectivity index (χ3n) is 4.81. The Morgan fingerprint density at radius 3 is 2.75 bits per heavy atom. The van der Waals surface area contributed by atoms with Crippen LogP contribution >= 0.6 is 0 Å². The summed E-state index contributed by atoms with van der Waals surface area (Å²) < 4.78 is 12.5. The van der Waals surface area contributed by atoms with E-state index in [1.807, 2.05) is 13.8 Å². The second kappa shape index (κ2) is 8.39. The lowest BCUT2D eigenvalue weighted by atomic mass is 10.1. The molecule has 0 radical (unpaired) electrons. The highest BCUT2D eigenvalue weighted by atomic mass is 16.5. The van der Waals surface area contributed by atoms with E-state index in [0.29, 0.717) is 37.4 Å². The highest BCUT2D eigenvalue weighted by Gasteiger charge is 2.22. The molecule has 2 amide bonds. The summed E-state index contributed by atoms with van der Waals surface area (Å²) >= 11 is 0. The molecule has 3 rings (SSSR count). The van der Waals surface area contributed by atoms with E-state index in [1.165, 1.54) is 16.8 Å². The Balaban J connectivity index is 2.12. The Morgan fingerprint density at radius 1 is 1.39 bits per heavy atom. The molecule has 0 aliphatic carbocycles. The maximum atomic E-state index is 12.8. The topological polar surface area (TPSA) is 117 Å². The molecule has 0 spiro atoms. The largest absolute Gasteiger partial charge is 0.487 e. The van der Waals surface area contributed by atoms with Crippen LogP contribution in [-0.4, -0.2) is 58.7 Å². The lowest BCUT2D eigenvalue weighted by molar-refractivity contribution is -0.131. The van der Waals surface area contributed by atoms with E-state index in [0.717, 1.165) is 6.42 Å². The summed E-state index contributed by atoms with van der Waals surface area (Å²) in [7, 11) is 0. The molecule has 2 aromatic rings. The smallest absolute Gasteiger partial charge is 0.265 e. The summed E-state index contributed by atoms with van der Waals surface area (Å²) in [5.74, 6) is -0.644. The van der Waals surface area contributed by atoms with Crippen LogP contribution in [0.3, 0.4) is 0 Å². The first-order valence-electron chi connectivity index (χ1n) is 9.30. The predicted octanol–water partition coefficient (Wildman–Crippen LogP) is 0.532. The van der Waals surface area contributed by atoms with Crippen LogP contribution in [0.2, 0.25) is 0 Å². The number of primary amides is 1. The third-order valence-corrected chi connectivity index (χ3v) is 4.81. The van der Waals surface area contributed by atoms with Crippen LogP contribution in [0.4, 0.5) is 0 Å². The van der Waals surface area contributed by atoms with Gasteiger partial charge in [0.25, 0.3) is 11.5 Å². The zero-order valence-corrected chi connectivity index (χ0v) is 16.0. The number of hydrogen-bond acceptors (Lipinski definition) is 6. The molecular formula is C19H24N4O5. The molecule has 9 heteroatoms. The molecule has 1 atom stereocenters. The fourth-order valence-electron chi connectivity index (χ4n) is 3.27. The van der Waals surface area contributed by atoms with E-state index in [1.54, 1.807) is 11.0 Å². The summed E-state index contributed by atoms with van der Waals surface area (Å²) in [4.78, 5) is 43.1. The van der Waals surface area contributed by atoms with E-state index < -0.39 is 11.5 Å². The minimum Gasteiger partial charge on any atom is -0.487 e. The minimum absolute atomic E-state index is 0.125. The summed E-state index contributed by atoms with van der Waals surface area (Å²) in [6.45, 7) is 5.59. The van der Waals surface area contributed by atoms with Crippen LogP contribution in [-0.2, 0) is 16.1 Å². The predicted molar refractivity (Wildman–Crippen MR) is 102 cm³/mol. The van der Waals surface area contributed by atoms with Crippen molar-refractivity contribution in [1.82, 2.24) is 14.5 Å². The van der Waals surface area contributed by atoms with Crippen molar-refractivity contribution in [3.63, 3.8) is 0 Å². The van der Waals surface area contributed by atoms with E-state index in [4.69, 9.17) is 15.2 Å². The van der Waals surface area contributed by atoms with Crippen LogP contribution < -0.4 is 16.0 Å². The molecule has 0 bridgehead atoms. The lowest BCUT2D eigenvalue weighted by Crippen LogP contribution is -2.38. The number of nitrogens with two attached hydrogens (primary N) is 1. The van der Waals surface area contributed by atoms with E-state index in [2.05, 4.69) is 4.98 Å². The highest BCUT2D eigenvalue weighted by Crippen LogP contribution is 2.26. The monoisotopic (exact) mass is 388 g/mol. The molecule has 1 unspecified atom stereocenters. The van der Waals surface area contributed by atoms with Gasteiger partial charge in [-0.3, -0.25) is 19.0 Å². The van der Waals surface area contributed by atoms with Crippen LogP contribution in [0.1, 0.15) is 30.6 Å². The normalized spacial score (nSPS) is 16.3. The van der Waals surface area contributed by atoms with Crippen LogP contribution in [0, 0.1) is 0 Å². The molecule has 2 aromatic heterocycles. The van der Waals surface area contributed by atoms with Crippen molar-refractivity contribution in [2.75, 3.05) is 26.3 Å². The number of pyridine rings is 2. The molecule has 0 saturated carbocycles. The summed E-state index contributed by atoms with van der Waals surface area (Å²) in [6.07, 6.45) is 2.13. The van der Waals surface area contributed by atoms with Gasteiger partial charge in [-0.25, -0.2) is 4.98 Å². The number of nitrogens with zero attached hydrogens (tertiary/aromatic N) is 3. The zero-order chi connectivity index (χ0) is 20.3. The van der Waals surface area contributed by atoms with Gasteiger partial charge in [0.05, 0.1) is 18.6 Å². The maximum absolute atomic E-state index is 12.8. The molecule has 1 fully saturated rings. The molecule has 1 saturated heterocycles. The standard InChI is InChI=1S/C19H24N4O5/c1-3-22(4-2)16(24)10-23-18-13(9-14(17(20)25)19(23)26)15(5-7-21-18)28-12-6-8-27-11-12/h5,7,9,12H,3-4,6,8,10-11H2,1-2H3,(H2,20,25). The van der Waals surface area contributed by atoms with E-state index in [9.17, 15) is 14.4 Å². The first kappa shape index (κ1) is 19.8. The average molecular weight is 388 g/mol. The third kappa shape index (κ3) is 3.84. The number of carbonyl (C=O) groups is 2. The molecule has 1 aliphatic heterocycles. The van der Waals surface area contributed by atoms with Crippen LogP contribution in [0.25, 0.3) is 11.0 Å². The van der Waals surface area contributed by atoms with Crippen molar-refractivity contribution in [2.45, 2.75) is 32.9 Å². The number of rotatable bonds is 7. The number of ether oxygens (including phenoxy) is 2. The Hall–Kier alpha value is -2.94. The van der Waals surface area contributed by atoms with E-state index >= 15 is 0 Å². The molecule has 1 aliphatic rings. The van der Waals surface area contributed by atoms with Crippen molar-refractivity contribution in [3.05, 3.63) is 34.2 Å². The van der Waals surface area contributed by atoms with Gasteiger partial charge in [0, 0.05) is 25.7 Å². The van der Waals surface area contributed by atoms with Crippen molar-refractivity contribution in [1.29, 1.82) is 0 Å². The second-order valence-corrected chi connectivity index (χ2v) is 6.53. The first-order valence-corrected chi connectivity index (χ1v) is 9.30. The Morgan fingerprint density at radius 2 is 2.14 bits per heavy atom.